The van der Waals surface area contributed by atoms with Gasteiger partial charge in [-0.3, -0.25) is 0 Å². The fourth-order valence-corrected chi connectivity index (χ4v) is 0.551. The second-order valence-corrected chi connectivity index (χ2v) is 2.16. The van der Waals surface area contributed by atoms with Gasteiger partial charge in [-0.25, -0.2) is 5.11 Å². The lowest BCUT2D eigenvalue weighted by molar-refractivity contribution is 0.126. The van der Waals surface area contributed by atoms with Crippen molar-refractivity contribution in [3.8, 4) is 0 Å². The zero-order valence-corrected chi connectivity index (χ0v) is 6.26. The largest absolute Gasteiger partial charge is 0.229 e. The molecule has 0 amide bonds. The predicted molar refractivity (Wildman–Crippen MR) is 38.8 cm³/mol. The molecule has 0 aliphatic carbocycles. The number of hydrogen-bond acceptors (Lipinski definition) is 0. The van der Waals surface area contributed by atoms with E-state index in [1.54, 1.807) is 6.08 Å². The van der Waals surface area contributed by atoms with Crippen LogP contribution in [-0.4, -0.2) is 6.10 Å². The monoisotopic (exact) mass is 127 g/mol. The molecule has 0 spiro atoms. The summed E-state index contributed by atoms with van der Waals surface area (Å²) in [6.45, 7) is 4.02. The second-order valence-electron chi connectivity index (χ2n) is 2.16. The molecule has 1 heteroatoms. The maximum absolute atomic E-state index is 10.7. The van der Waals surface area contributed by atoms with Crippen molar-refractivity contribution in [2.24, 2.45) is 0 Å². The molecule has 0 fully saturated rings. The van der Waals surface area contributed by atoms with E-state index in [0.717, 1.165) is 12.8 Å². The first kappa shape index (κ1) is 8.70. The Labute approximate surface area is 57.4 Å². The maximum atomic E-state index is 10.7. The average molecular weight is 127 g/mol. The van der Waals surface area contributed by atoms with Crippen molar-refractivity contribution in [1.82, 2.24) is 0 Å². The van der Waals surface area contributed by atoms with E-state index in [-0.39, 0.29) is 0 Å². The molecule has 0 saturated heterocycles. The standard InChI is InChI=1S/C8H15O/c1-3-5-6-7-8(9)4-2/h6-8H,3-5H2,1-2H3/b7-6+. The van der Waals surface area contributed by atoms with Crippen LogP contribution in [0.1, 0.15) is 33.1 Å². The van der Waals surface area contributed by atoms with E-state index in [9.17, 15) is 5.11 Å². The van der Waals surface area contributed by atoms with E-state index in [4.69, 9.17) is 0 Å². The van der Waals surface area contributed by atoms with Crippen LogP contribution in [0.25, 0.3) is 0 Å². The highest BCUT2D eigenvalue weighted by atomic mass is 16.3. The van der Waals surface area contributed by atoms with Crippen LogP contribution in [0.15, 0.2) is 12.2 Å². The minimum atomic E-state index is -0.475. The SMILES string of the molecule is CCC/C=C/C([O])CC. The number of unbranched alkanes of at least 4 members (excludes halogenated alkanes) is 1. The smallest absolute Gasteiger partial charge is 0.111 e. The lowest BCUT2D eigenvalue weighted by Gasteiger charge is -1.93. The summed E-state index contributed by atoms with van der Waals surface area (Å²) in [5, 5.41) is 10.7. The van der Waals surface area contributed by atoms with Gasteiger partial charge in [-0.2, -0.15) is 0 Å². The molecule has 0 aromatic carbocycles. The van der Waals surface area contributed by atoms with Gasteiger partial charge >= 0.3 is 0 Å². The average Bonchev–Trinajstić information content (AvgIpc) is 1.89. The molecule has 9 heavy (non-hydrogen) atoms. The molecule has 0 N–H and O–H groups in total. The molecule has 1 unspecified atom stereocenters. The minimum Gasteiger partial charge on any atom is -0.229 e. The quantitative estimate of drug-likeness (QED) is 0.517. The topological polar surface area (TPSA) is 19.9 Å². The van der Waals surface area contributed by atoms with Crippen molar-refractivity contribution >= 4 is 0 Å². The molecule has 0 aromatic rings. The zero-order valence-electron chi connectivity index (χ0n) is 6.26. The Morgan fingerprint density at radius 1 is 1.44 bits per heavy atom. The minimum absolute atomic E-state index is 0.475. The van der Waals surface area contributed by atoms with Crippen molar-refractivity contribution < 1.29 is 5.11 Å². The Morgan fingerprint density at radius 2 is 2.11 bits per heavy atom. The Kier molecular flexibility index (Phi) is 5.64. The number of hydrogen-bond donors (Lipinski definition) is 0. The van der Waals surface area contributed by atoms with Gasteiger partial charge in [0.1, 0.15) is 6.10 Å². The molecule has 0 saturated carbocycles. The molecule has 1 atom stereocenters. The van der Waals surface area contributed by atoms with Gasteiger partial charge in [0, 0.05) is 0 Å². The molecule has 0 heterocycles. The fourth-order valence-electron chi connectivity index (χ4n) is 0.551. The summed E-state index contributed by atoms with van der Waals surface area (Å²) in [5.74, 6) is 0. The van der Waals surface area contributed by atoms with Crippen molar-refractivity contribution in [2.75, 3.05) is 0 Å². The number of allylic oxidation sites excluding steroid dienone is 1. The van der Waals surface area contributed by atoms with E-state index < -0.39 is 6.10 Å². The van der Waals surface area contributed by atoms with Crippen LogP contribution < -0.4 is 0 Å². The molecule has 0 aliphatic heterocycles. The molecular weight excluding hydrogens is 112 g/mol. The second kappa shape index (κ2) is 5.83. The van der Waals surface area contributed by atoms with Gasteiger partial charge in [0.05, 0.1) is 0 Å². The van der Waals surface area contributed by atoms with Crippen LogP contribution in [0.5, 0.6) is 0 Å². The summed E-state index contributed by atoms with van der Waals surface area (Å²) in [7, 11) is 0. The third-order valence-electron chi connectivity index (χ3n) is 1.21. The van der Waals surface area contributed by atoms with Crippen molar-refractivity contribution in [3.63, 3.8) is 0 Å². The molecule has 0 aromatic heterocycles. The van der Waals surface area contributed by atoms with Gasteiger partial charge in [-0.15, -0.1) is 0 Å². The third-order valence-corrected chi connectivity index (χ3v) is 1.21. The Hall–Kier alpha value is -0.300. The van der Waals surface area contributed by atoms with Gasteiger partial charge in [-0.1, -0.05) is 32.4 Å². The van der Waals surface area contributed by atoms with Crippen molar-refractivity contribution in [2.45, 2.75) is 39.2 Å². The van der Waals surface area contributed by atoms with Crippen LogP contribution in [0.3, 0.4) is 0 Å². The van der Waals surface area contributed by atoms with E-state index in [0.29, 0.717) is 6.42 Å². The molecule has 0 rings (SSSR count). The van der Waals surface area contributed by atoms with Crippen LogP contribution in [-0.2, 0) is 5.11 Å². The number of rotatable bonds is 4. The highest BCUT2D eigenvalue weighted by molar-refractivity contribution is 4.86. The lowest BCUT2D eigenvalue weighted by Crippen LogP contribution is -1.94. The van der Waals surface area contributed by atoms with Gasteiger partial charge in [0.15, 0.2) is 0 Å². The summed E-state index contributed by atoms with van der Waals surface area (Å²) >= 11 is 0. The molecule has 53 valence electrons. The van der Waals surface area contributed by atoms with Crippen LogP contribution in [0, 0.1) is 0 Å². The van der Waals surface area contributed by atoms with E-state index in [2.05, 4.69) is 6.92 Å². The summed E-state index contributed by atoms with van der Waals surface area (Å²) in [4.78, 5) is 0. The van der Waals surface area contributed by atoms with E-state index in [1.165, 1.54) is 0 Å². The van der Waals surface area contributed by atoms with Crippen molar-refractivity contribution in [3.05, 3.63) is 12.2 Å². The lowest BCUT2D eigenvalue weighted by atomic mass is 10.2. The van der Waals surface area contributed by atoms with Gasteiger partial charge in [-0.05, 0) is 12.8 Å². The Balaban J connectivity index is 3.20. The first-order valence-electron chi connectivity index (χ1n) is 3.63. The molecule has 0 aliphatic rings. The Morgan fingerprint density at radius 3 is 2.56 bits per heavy atom. The van der Waals surface area contributed by atoms with Crippen molar-refractivity contribution in [1.29, 1.82) is 0 Å². The highest BCUT2D eigenvalue weighted by Gasteiger charge is 1.92. The first-order chi connectivity index (χ1) is 4.31. The fraction of sp³-hybridized carbons (Fsp3) is 0.750. The molecular formula is C8H15O. The van der Waals surface area contributed by atoms with Crippen LogP contribution >= 0.6 is 0 Å². The summed E-state index contributed by atoms with van der Waals surface area (Å²) in [5.41, 5.74) is 0. The van der Waals surface area contributed by atoms with Gasteiger partial charge in [0.25, 0.3) is 0 Å². The summed E-state index contributed by atoms with van der Waals surface area (Å²) in [6, 6.07) is 0. The highest BCUT2D eigenvalue weighted by Crippen LogP contribution is 1.95. The Bertz CT molecular complexity index is 76.6. The normalized spacial score (nSPS) is 14.6. The molecule has 1 nitrogen and oxygen atoms in total. The van der Waals surface area contributed by atoms with E-state index >= 15 is 0 Å². The third kappa shape index (κ3) is 5.57. The zero-order chi connectivity index (χ0) is 7.11. The molecule has 1 radical (unpaired) electrons. The predicted octanol–water partition coefficient (Wildman–Crippen LogP) is 2.55. The van der Waals surface area contributed by atoms with Gasteiger partial charge < -0.3 is 0 Å². The van der Waals surface area contributed by atoms with Crippen LogP contribution in [0.2, 0.25) is 0 Å². The maximum Gasteiger partial charge on any atom is 0.111 e. The molecule has 0 bridgehead atoms. The van der Waals surface area contributed by atoms with Gasteiger partial charge in [0.2, 0.25) is 0 Å². The summed E-state index contributed by atoms with van der Waals surface area (Å²) < 4.78 is 0. The first-order valence-corrected chi connectivity index (χ1v) is 3.63. The van der Waals surface area contributed by atoms with Crippen LogP contribution in [0.4, 0.5) is 0 Å². The summed E-state index contributed by atoms with van der Waals surface area (Å²) in [6.07, 6.45) is 6.13. The van der Waals surface area contributed by atoms with E-state index in [1.807, 2.05) is 13.0 Å².